The van der Waals surface area contributed by atoms with E-state index in [4.69, 9.17) is 0 Å². The van der Waals surface area contributed by atoms with Gasteiger partial charge in [0.05, 0.1) is 0 Å². The summed E-state index contributed by atoms with van der Waals surface area (Å²) >= 11 is 0. The van der Waals surface area contributed by atoms with Crippen LogP contribution in [0.5, 0.6) is 0 Å². The fourth-order valence-electron chi connectivity index (χ4n) is 3.41. The Labute approximate surface area is 130 Å². The first-order chi connectivity index (χ1) is 9.95. The third kappa shape index (κ3) is 4.18. The molecule has 0 spiro atoms. The highest BCUT2D eigenvalue weighted by Crippen LogP contribution is 2.28. The summed E-state index contributed by atoms with van der Waals surface area (Å²) in [6, 6.07) is 0.144. The fraction of sp³-hybridized carbons (Fsp3) is 1.00. The number of nitrogens with one attached hydrogen (secondary N) is 1. The molecule has 5 nitrogen and oxygen atoms in total. The number of nitrogens with zero attached hydrogens (tertiary/aromatic N) is 2. The molecule has 2 heterocycles. The SMILES string of the molecule is CCNCC1CCN(S(=O)(=O)N2CC(C)CCC2C)CC1. The zero-order chi connectivity index (χ0) is 15.5. The van der Waals surface area contributed by atoms with Crippen molar-refractivity contribution in [3.8, 4) is 0 Å². The van der Waals surface area contributed by atoms with Gasteiger partial charge in [-0.1, -0.05) is 13.8 Å². The second kappa shape index (κ2) is 7.40. The first-order valence-corrected chi connectivity index (χ1v) is 9.82. The van der Waals surface area contributed by atoms with Crippen molar-refractivity contribution in [2.45, 2.75) is 52.5 Å². The van der Waals surface area contributed by atoms with Crippen LogP contribution in [0.15, 0.2) is 0 Å². The molecule has 0 saturated carbocycles. The number of piperidine rings is 2. The molecule has 2 aliphatic heterocycles. The van der Waals surface area contributed by atoms with Gasteiger partial charge in [-0.05, 0) is 57.5 Å². The van der Waals surface area contributed by atoms with E-state index in [1.165, 1.54) is 0 Å². The lowest BCUT2D eigenvalue weighted by atomic mass is 9.97. The average Bonchev–Trinajstić information content (AvgIpc) is 2.48. The van der Waals surface area contributed by atoms with Crippen molar-refractivity contribution in [2.75, 3.05) is 32.7 Å². The molecule has 2 rings (SSSR count). The van der Waals surface area contributed by atoms with Crippen LogP contribution in [0.3, 0.4) is 0 Å². The molecule has 0 radical (unpaired) electrons. The van der Waals surface area contributed by atoms with E-state index < -0.39 is 10.2 Å². The Morgan fingerprint density at radius 2 is 1.76 bits per heavy atom. The van der Waals surface area contributed by atoms with Crippen LogP contribution in [0.2, 0.25) is 0 Å². The molecule has 0 aliphatic carbocycles. The third-order valence-electron chi connectivity index (χ3n) is 4.94. The summed E-state index contributed by atoms with van der Waals surface area (Å²) in [6.45, 7) is 10.3. The van der Waals surface area contributed by atoms with Crippen LogP contribution in [-0.4, -0.2) is 55.8 Å². The van der Waals surface area contributed by atoms with E-state index in [1.807, 2.05) is 6.92 Å². The molecule has 0 aromatic carbocycles. The first kappa shape index (κ1) is 17.2. The lowest BCUT2D eigenvalue weighted by molar-refractivity contribution is 0.189. The van der Waals surface area contributed by atoms with E-state index in [9.17, 15) is 8.42 Å². The molecule has 1 N–H and O–H groups in total. The molecule has 0 aromatic heterocycles. The summed E-state index contributed by atoms with van der Waals surface area (Å²) in [5, 5.41) is 3.37. The first-order valence-electron chi connectivity index (χ1n) is 8.42. The summed E-state index contributed by atoms with van der Waals surface area (Å²) in [6.07, 6.45) is 4.07. The average molecular weight is 317 g/mol. The van der Waals surface area contributed by atoms with Crippen molar-refractivity contribution in [2.24, 2.45) is 11.8 Å². The molecule has 21 heavy (non-hydrogen) atoms. The maximum atomic E-state index is 12.9. The lowest BCUT2D eigenvalue weighted by Gasteiger charge is -2.40. The van der Waals surface area contributed by atoms with Crippen molar-refractivity contribution >= 4 is 10.2 Å². The maximum absolute atomic E-state index is 12.9. The van der Waals surface area contributed by atoms with Crippen LogP contribution in [0.4, 0.5) is 0 Å². The molecule has 2 saturated heterocycles. The standard InChI is InChI=1S/C15H31N3O2S/c1-4-16-11-15-7-9-17(10-8-15)21(19,20)18-12-13(2)5-6-14(18)3/h13-16H,4-12H2,1-3H3. The van der Waals surface area contributed by atoms with E-state index in [1.54, 1.807) is 8.61 Å². The molecule has 2 aliphatic rings. The van der Waals surface area contributed by atoms with Crippen LogP contribution in [0.25, 0.3) is 0 Å². The zero-order valence-electron chi connectivity index (χ0n) is 13.7. The fourth-order valence-corrected chi connectivity index (χ4v) is 5.38. The molecular weight excluding hydrogens is 286 g/mol. The Balaban J connectivity index is 1.94. The van der Waals surface area contributed by atoms with Gasteiger partial charge in [0.15, 0.2) is 0 Å². The van der Waals surface area contributed by atoms with Crippen LogP contribution < -0.4 is 5.32 Å². The second-order valence-corrected chi connectivity index (χ2v) is 8.64. The van der Waals surface area contributed by atoms with Gasteiger partial charge >= 0.3 is 0 Å². The summed E-state index contributed by atoms with van der Waals surface area (Å²) in [7, 11) is -3.26. The lowest BCUT2D eigenvalue weighted by Crippen LogP contribution is -2.53. The summed E-state index contributed by atoms with van der Waals surface area (Å²) in [5.74, 6) is 1.09. The topological polar surface area (TPSA) is 52.7 Å². The van der Waals surface area contributed by atoms with Gasteiger partial charge in [0.25, 0.3) is 10.2 Å². The molecule has 124 valence electrons. The van der Waals surface area contributed by atoms with Crippen LogP contribution in [-0.2, 0) is 10.2 Å². The van der Waals surface area contributed by atoms with Crippen molar-refractivity contribution in [1.82, 2.24) is 13.9 Å². The largest absolute Gasteiger partial charge is 0.317 e. The minimum atomic E-state index is -3.26. The highest BCUT2D eigenvalue weighted by molar-refractivity contribution is 7.86. The minimum absolute atomic E-state index is 0.144. The monoisotopic (exact) mass is 317 g/mol. The van der Waals surface area contributed by atoms with Crippen molar-refractivity contribution in [3.05, 3.63) is 0 Å². The van der Waals surface area contributed by atoms with Gasteiger partial charge in [-0.2, -0.15) is 17.0 Å². The van der Waals surface area contributed by atoms with E-state index in [2.05, 4.69) is 19.2 Å². The van der Waals surface area contributed by atoms with E-state index in [0.717, 1.165) is 38.8 Å². The zero-order valence-corrected chi connectivity index (χ0v) is 14.5. The molecule has 6 heteroatoms. The van der Waals surface area contributed by atoms with Gasteiger partial charge in [0.1, 0.15) is 0 Å². The number of hydrogen-bond donors (Lipinski definition) is 1. The number of hydrogen-bond acceptors (Lipinski definition) is 3. The van der Waals surface area contributed by atoms with E-state index in [-0.39, 0.29) is 6.04 Å². The van der Waals surface area contributed by atoms with Crippen molar-refractivity contribution < 1.29 is 8.42 Å². The van der Waals surface area contributed by atoms with Gasteiger partial charge in [-0.15, -0.1) is 0 Å². The summed E-state index contributed by atoms with van der Waals surface area (Å²) < 4.78 is 29.2. The molecule has 0 aromatic rings. The van der Waals surface area contributed by atoms with E-state index in [0.29, 0.717) is 31.5 Å². The van der Waals surface area contributed by atoms with Crippen LogP contribution in [0.1, 0.15) is 46.5 Å². The molecule has 0 bridgehead atoms. The molecule has 2 unspecified atom stereocenters. The Morgan fingerprint density at radius 1 is 1.10 bits per heavy atom. The Morgan fingerprint density at radius 3 is 2.38 bits per heavy atom. The number of rotatable bonds is 5. The molecular formula is C15H31N3O2S. The van der Waals surface area contributed by atoms with Crippen molar-refractivity contribution in [1.29, 1.82) is 0 Å². The van der Waals surface area contributed by atoms with Gasteiger partial charge < -0.3 is 5.32 Å². The molecule has 0 amide bonds. The minimum Gasteiger partial charge on any atom is -0.317 e. The van der Waals surface area contributed by atoms with E-state index >= 15 is 0 Å². The Bertz CT molecular complexity index is 419. The summed E-state index contributed by atoms with van der Waals surface area (Å²) in [4.78, 5) is 0. The van der Waals surface area contributed by atoms with Gasteiger partial charge in [-0.3, -0.25) is 0 Å². The quantitative estimate of drug-likeness (QED) is 0.839. The highest BCUT2D eigenvalue weighted by Gasteiger charge is 2.37. The second-order valence-electron chi connectivity index (χ2n) is 6.76. The predicted molar refractivity (Wildman–Crippen MR) is 86.3 cm³/mol. The molecule has 2 atom stereocenters. The van der Waals surface area contributed by atoms with Crippen molar-refractivity contribution in [3.63, 3.8) is 0 Å². The maximum Gasteiger partial charge on any atom is 0.282 e. The predicted octanol–water partition coefficient (Wildman–Crippen LogP) is 1.67. The van der Waals surface area contributed by atoms with Crippen LogP contribution in [0, 0.1) is 11.8 Å². The highest BCUT2D eigenvalue weighted by atomic mass is 32.2. The Kier molecular flexibility index (Phi) is 6.05. The summed E-state index contributed by atoms with van der Waals surface area (Å²) in [5.41, 5.74) is 0. The third-order valence-corrected chi connectivity index (χ3v) is 7.06. The Hall–Kier alpha value is -0.170. The molecule has 2 fully saturated rings. The smallest absolute Gasteiger partial charge is 0.282 e. The van der Waals surface area contributed by atoms with Gasteiger partial charge in [0.2, 0.25) is 0 Å². The van der Waals surface area contributed by atoms with Gasteiger partial charge in [-0.25, -0.2) is 0 Å². The van der Waals surface area contributed by atoms with Gasteiger partial charge in [0, 0.05) is 25.7 Å². The normalized spacial score (nSPS) is 30.6. The van der Waals surface area contributed by atoms with Crippen LogP contribution >= 0.6 is 0 Å².